The second-order valence-corrected chi connectivity index (χ2v) is 34.0. The van der Waals surface area contributed by atoms with Crippen LogP contribution in [0, 0.1) is 17.8 Å². The average molecular weight is 1490 g/mol. The van der Waals surface area contributed by atoms with Crippen molar-refractivity contribution in [3.05, 3.63) is 0 Å². The van der Waals surface area contributed by atoms with Crippen molar-refractivity contribution in [1.82, 2.24) is 0 Å². The molecule has 0 aromatic heterocycles. The van der Waals surface area contributed by atoms with Gasteiger partial charge in [-0.2, -0.15) is 0 Å². The van der Waals surface area contributed by atoms with Crippen molar-refractivity contribution in [1.29, 1.82) is 0 Å². The van der Waals surface area contributed by atoms with Gasteiger partial charge in [0.05, 0.1) is 26.4 Å². The van der Waals surface area contributed by atoms with Gasteiger partial charge in [-0.25, -0.2) is 9.13 Å². The van der Waals surface area contributed by atoms with Crippen molar-refractivity contribution in [2.45, 2.75) is 452 Å². The maximum Gasteiger partial charge on any atom is 0.472 e. The van der Waals surface area contributed by atoms with Crippen molar-refractivity contribution in [3.8, 4) is 0 Å². The highest BCUT2D eigenvalue weighted by Gasteiger charge is 2.30. The summed E-state index contributed by atoms with van der Waals surface area (Å²) in [6.45, 7) is 11.9. The zero-order valence-electron chi connectivity index (χ0n) is 67.1. The van der Waals surface area contributed by atoms with E-state index in [1.165, 1.54) is 238 Å². The molecule has 0 heterocycles. The number of carbonyl (C=O) groups excluding carboxylic acids is 4. The van der Waals surface area contributed by atoms with Gasteiger partial charge >= 0.3 is 39.5 Å². The minimum Gasteiger partial charge on any atom is -0.462 e. The maximum atomic E-state index is 13.1. The zero-order chi connectivity index (χ0) is 75.1. The van der Waals surface area contributed by atoms with E-state index in [4.69, 9.17) is 37.0 Å². The van der Waals surface area contributed by atoms with Crippen molar-refractivity contribution < 1.29 is 80.2 Å². The SMILES string of the molecule is CCCCCCCCCCCCCCCCCCCCCCC(=O)O[C@H](COC(=O)CCCCCCCCCCCCCCCCCC(C)C)COP(=O)(O)OC[C@@H](O)COP(=O)(O)OC[C@@H](COC(=O)CCCCCCCCC(C)CC)OC(=O)CCCCCCCCCCCCCC(C)C. The highest BCUT2D eigenvalue weighted by Crippen LogP contribution is 2.45. The van der Waals surface area contributed by atoms with Crippen LogP contribution in [0.1, 0.15) is 434 Å². The van der Waals surface area contributed by atoms with E-state index >= 15 is 0 Å². The number of esters is 4. The number of rotatable bonds is 81. The molecule has 606 valence electrons. The zero-order valence-corrected chi connectivity index (χ0v) is 68.9. The van der Waals surface area contributed by atoms with Crippen LogP contribution in [-0.4, -0.2) is 96.7 Å². The molecule has 17 nitrogen and oxygen atoms in total. The predicted octanol–water partition coefficient (Wildman–Crippen LogP) is 24.9. The lowest BCUT2D eigenvalue weighted by Gasteiger charge is -2.21. The van der Waals surface area contributed by atoms with E-state index in [0.717, 1.165) is 114 Å². The highest BCUT2D eigenvalue weighted by molar-refractivity contribution is 7.47. The Balaban J connectivity index is 5.24. The average Bonchev–Trinajstić information content (AvgIpc) is 0.915. The summed E-state index contributed by atoms with van der Waals surface area (Å²) in [5, 5.41) is 10.7. The Hall–Kier alpha value is -1.94. The molecule has 0 aromatic carbocycles. The van der Waals surface area contributed by atoms with Gasteiger partial charge in [-0.15, -0.1) is 0 Å². The standard InChI is InChI=1S/C83H162O17P2/c1-8-10-11-12-13-14-15-16-17-18-19-20-21-24-28-33-38-43-52-59-66-82(87)99-78(70-93-80(85)64-57-50-42-37-32-27-25-22-23-26-30-35-40-47-54-61-74(3)4)72-97-101(89,90)95-68-77(84)69-96-102(91,92)98-73-79(71-94-81(86)65-58-51-46-45-49-56-63-76(7)9-2)100-83(88)67-60-53-44-39-34-29-31-36-41-48-55-62-75(5)6/h74-79,84H,8-73H2,1-7H3,(H,89,90)(H,91,92)/t76?,77-,78-,79-/m1/s1. The molecule has 102 heavy (non-hydrogen) atoms. The van der Waals surface area contributed by atoms with Gasteiger partial charge < -0.3 is 33.8 Å². The summed E-state index contributed by atoms with van der Waals surface area (Å²) < 4.78 is 68.8. The molecule has 0 rings (SSSR count). The maximum absolute atomic E-state index is 13.1. The smallest absolute Gasteiger partial charge is 0.462 e. The van der Waals surface area contributed by atoms with Crippen molar-refractivity contribution in [3.63, 3.8) is 0 Å². The summed E-state index contributed by atoms with van der Waals surface area (Å²) in [6.07, 6.45) is 62.5. The molecule has 0 bridgehead atoms. The largest absolute Gasteiger partial charge is 0.472 e. The first-order valence-corrected chi connectivity index (χ1v) is 45.9. The fourth-order valence-electron chi connectivity index (χ4n) is 12.8. The number of unbranched alkanes of at least 4 members (excludes halogenated alkanes) is 48. The number of hydrogen-bond donors (Lipinski definition) is 3. The molecule has 0 fully saturated rings. The van der Waals surface area contributed by atoms with E-state index in [1.54, 1.807) is 0 Å². The molecular weight excluding hydrogens is 1330 g/mol. The molecule has 0 aliphatic heterocycles. The third-order valence-electron chi connectivity index (χ3n) is 19.7. The van der Waals surface area contributed by atoms with Crippen LogP contribution in [-0.2, 0) is 65.4 Å². The van der Waals surface area contributed by atoms with Gasteiger partial charge in [-0.3, -0.25) is 37.3 Å². The normalized spacial score (nSPS) is 14.2. The minimum atomic E-state index is -4.96. The summed E-state index contributed by atoms with van der Waals surface area (Å²) in [6, 6.07) is 0. The molecular formula is C83H162O17P2. The van der Waals surface area contributed by atoms with Crippen LogP contribution in [0.2, 0.25) is 0 Å². The number of ether oxygens (including phenoxy) is 4. The van der Waals surface area contributed by atoms with E-state index in [2.05, 4.69) is 48.5 Å². The Labute approximate surface area is 626 Å². The van der Waals surface area contributed by atoms with E-state index in [-0.39, 0.29) is 25.7 Å². The molecule has 0 spiro atoms. The fraction of sp³-hybridized carbons (Fsp3) is 0.952. The van der Waals surface area contributed by atoms with Gasteiger partial charge in [0.15, 0.2) is 12.2 Å². The lowest BCUT2D eigenvalue weighted by atomic mass is 10.00. The Kier molecular flexibility index (Phi) is 71.8. The van der Waals surface area contributed by atoms with Gasteiger partial charge in [0.2, 0.25) is 0 Å². The molecule has 6 atom stereocenters. The summed E-state index contributed by atoms with van der Waals surface area (Å²) in [4.78, 5) is 73.1. The Morgan fingerprint density at radius 1 is 0.284 bits per heavy atom. The molecule has 0 amide bonds. The monoisotopic (exact) mass is 1490 g/mol. The topological polar surface area (TPSA) is 237 Å². The van der Waals surface area contributed by atoms with Crippen LogP contribution >= 0.6 is 15.6 Å². The van der Waals surface area contributed by atoms with E-state index in [1.807, 2.05) is 0 Å². The lowest BCUT2D eigenvalue weighted by molar-refractivity contribution is -0.161. The second kappa shape index (κ2) is 73.2. The van der Waals surface area contributed by atoms with Crippen LogP contribution < -0.4 is 0 Å². The number of hydrogen-bond acceptors (Lipinski definition) is 15. The predicted molar refractivity (Wildman–Crippen MR) is 418 cm³/mol. The summed E-state index contributed by atoms with van der Waals surface area (Å²) in [5.74, 6) is 0.192. The fourth-order valence-corrected chi connectivity index (χ4v) is 14.4. The second-order valence-electron chi connectivity index (χ2n) is 31.1. The van der Waals surface area contributed by atoms with Gasteiger partial charge in [-0.05, 0) is 43.4 Å². The third-order valence-corrected chi connectivity index (χ3v) is 21.6. The summed E-state index contributed by atoms with van der Waals surface area (Å²) in [7, 11) is -9.92. The van der Waals surface area contributed by atoms with Gasteiger partial charge in [0.25, 0.3) is 0 Å². The Morgan fingerprint density at radius 3 is 0.745 bits per heavy atom. The van der Waals surface area contributed by atoms with Gasteiger partial charge in [0.1, 0.15) is 19.3 Å². The minimum absolute atomic E-state index is 0.106. The Morgan fingerprint density at radius 2 is 0.500 bits per heavy atom. The molecule has 0 saturated heterocycles. The number of phosphoric acid groups is 2. The first-order chi connectivity index (χ1) is 49.3. The van der Waals surface area contributed by atoms with Gasteiger partial charge in [0, 0.05) is 25.7 Å². The summed E-state index contributed by atoms with van der Waals surface area (Å²) >= 11 is 0. The van der Waals surface area contributed by atoms with Crippen LogP contribution in [0.25, 0.3) is 0 Å². The van der Waals surface area contributed by atoms with E-state index in [0.29, 0.717) is 25.7 Å². The number of phosphoric ester groups is 2. The van der Waals surface area contributed by atoms with Crippen molar-refractivity contribution in [2.75, 3.05) is 39.6 Å². The number of aliphatic hydroxyl groups excluding tert-OH is 1. The van der Waals surface area contributed by atoms with Crippen LogP contribution in [0.3, 0.4) is 0 Å². The van der Waals surface area contributed by atoms with Crippen LogP contribution in [0.5, 0.6) is 0 Å². The van der Waals surface area contributed by atoms with Crippen LogP contribution in [0.4, 0.5) is 0 Å². The number of carbonyl (C=O) groups is 4. The third kappa shape index (κ3) is 74.9. The molecule has 3 unspecified atom stereocenters. The summed E-state index contributed by atoms with van der Waals surface area (Å²) in [5.41, 5.74) is 0. The van der Waals surface area contributed by atoms with Gasteiger partial charge in [-0.1, -0.05) is 382 Å². The molecule has 0 saturated carbocycles. The molecule has 0 aliphatic carbocycles. The van der Waals surface area contributed by atoms with E-state index in [9.17, 15) is 43.2 Å². The molecule has 19 heteroatoms. The molecule has 0 aromatic rings. The first-order valence-electron chi connectivity index (χ1n) is 42.9. The van der Waals surface area contributed by atoms with E-state index < -0.39 is 97.5 Å². The number of aliphatic hydroxyl groups is 1. The van der Waals surface area contributed by atoms with Crippen LogP contribution in [0.15, 0.2) is 0 Å². The Bertz CT molecular complexity index is 1980. The highest BCUT2D eigenvalue weighted by atomic mass is 31.2. The first kappa shape index (κ1) is 100. The van der Waals surface area contributed by atoms with Crippen molar-refractivity contribution >= 4 is 39.5 Å². The molecule has 3 N–H and O–H groups in total. The van der Waals surface area contributed by atoms with Crippen molar-refractivity contribution in [2.24, 2.45) is 17.8 Å². The lowest BCUT2D eigenvalue weighted by Crippen LogP contribution is -2.30. The molecule has 0 aliphatic rings. The molecule has 0 radical (unpaired) electrons. The quantitative estimate of drug-likeness (QED) is 0.0222.